The number of hydrogen-bond donors (Lipinski definition) is 3. The molecule has 1 fully saturated rings. The van der Waals surface area contributed by atoms with Gasteiger partial charge in [-0.05, 0) is 64.2 Å². The fraction of sp³-hybridized carbons (Fsp3) is 0.640. The van der Waals surface area contributed by atoms with Crippen molar-refractivity contribution < 1.29 is 28.9 Å². The summed E-state index contributed by atoms with van der Waals surface area (Å²) in [5, 5.41) is 12.7. The maximum atomic E-state index is 12.3. The summed E-state index contributed by atoms with van der Waals surface area (Å²) >= 11 is 0. The SMILES string of the molecule is CCNC(=O)[C@@H](O[C@H](C)n1cnc2c(N)nc(C#CCC3CCC(COC(=O)OC)CC3)nc21)C(C)O. The van der Waals surface area contributed by atoms with E-state index in [1.165, 1.54) is 20.4 Å². The van der Waals surface area contributed by atoms with E-state index in [-0.39, 0.29) is 11.6 Å². The van der Waals surface area contributed by atoms with Crippen LogP contribution in [0.1, 0.15) is 64.9 Å². The van der Waals surface area contributed by atoms with Crippen LogP contribution in [0.25, 0.3) is 11.2 Å². The number of carbonyl (C=O) groups is 2. The number of carbonyl (C=O) groups excluding carboxylic acids is 2. The largest absolute Gasteiger partial charge is 0.507 e. The zero-order chi connectivity index (χ0) is 26.9. The topological polar surface area (TPSA) is 164 Å². The number of imidazole rings is 1. The normalized spacial score (nSPS) is 19.8. The summed E-state index contributed by atoms with van der Waals surface area (Å²) in [6.07, 6.45) is 2.78. The third-order valence-electron chi connectivity index (χ3n) is 6.39. The molecule has 202 valence electrons. The Bertz CT molecular complexity index is 1130. The van der Waals surface area contributed by atoms with E-state index in [0.717, 1.165) is 25.7 Å². The number of amides is 1. The number of fused-ring (bicyclic) bond motifs is 1. The number of nitrogens with zero attached hydrogens (tertiary/aromatic N) is 4. The highest BCUT2D eigenvalue weighted by atomic mass is 16.7. The first-order valence-corrected chi connectivity index (χ1v) is 12.5. The number of rotatable bonds is 9. The van der Waals surface area contributed by atoms with Crippen molar-refractivity contribution in [3.8, 4) is 11.8 Å². The minimum absolute atomic E-state index is 0.196. The first kappa shape index (κ1) is 28.1. The van der Waals surface area contributed by atoms with E-state index in [1.807, 2.05) is 0 Å². The Kier molecular flexibility index (Phi) is 10.0. The molecule has 1 aliphatic rings. The Morgan fingerprint density at radius 1 is 1.24 bits per heavy atom. The Morgan fingerprint density at radius 3 is 2.59 bits per heavy atom. The van der Waals surface area contributed by atoms with Crippen molar-refractivity contribution >= 4 is 29.0 Å². The van der Waals surface area contributed by atoms with Crippen LogP contribution >= 0.6 is 0 Å². The number of nitrogen functional groups attached to an aromatic ring is 1. The van der Waals surface area contributed by atoms with Crippen LogP contribution in [0.15, 0.2) is 6.33 Å². The maximum Gasteiger partial charge on any atom is 0.507 e. The molecule has 2 aromatic rings. The lowest BCUT2D eigenvalue weighted by Crippen LogP contribution is -2.43. The highest BCUT2D eigenvalue weighted by Gasteiger charge is 2.28. The molecule has 4 N–H and O–H groups in total. The van der Waals surface area contributed by atoms with Crippen LogP contribution in [0.2, 0.25) is 0 Å². The number of methoxy groups -OCH3 is 1. The van der Waals surface area contributed by atoms with E-state index in [2.05, 4.69) is 36.8 Å². The van der Waals surface area contributed by atoms with Crippen LogP contribution < -0.4 is 11.1 Å². The fourth-order valence-corrected chi connectivity index (χ4v) is 4.33. The molecule has 3 rings (SSSR count). The van der Waals surface area contributed by atoms with Gasteiger partial charge in [-0.2, -0.15) is 0 Å². The van der Waals surface area contributed by atoms with Gasteiger partial charge in [-0.3, -0.25) is 9.36 Å². The molecule has 0 saturated heterocycles. The average molecular weight is 517 g/mol. The van der Waals surface area contributed by atoms with Crippen LogP contribution in [-0.4, -0.2) is 69.2 Å². The molecule has 0 radical (unpaired) electrons. The molecule has 1 saturated carbocycles. The molecular formula is C25H36N6O6. The van der Waals surface area contributed by atoms with E-state index in [0.29, 0.717) is 42.6 Å². The van der Waals surface area contributed by atoms with Gasteiger partial charge in [-0.15, -0.1) is 0 Å². The Balaban J connectivity index is 1.65. The summed E-state index contributed by atoms with van der Waals surface area (Å²) in [6, 6.07) is 0. The third kappa shape index (κ3) is 7.53. The van der Waals surface area contributed by atoms with E-state index < -0.39 is 30.5 Å². The second kappa shape index (κ2) is 13.2. The van der Waals surface area contributed by atoms with Crippen molar-refractivity contribution in [2.24, 2.45) is 11.8 Å². The van der Waals surface area contributed by atoms with E-state index >= 15 is 0 Å². The number of nitrogens with one attached hydrogen (secondary N) is 1. The Labute approximate surface area is 216 Å². The highest BCUT2D eigenvalue weighted by molar-refractivity contribution is 5.82. The Morgan fingerprint density at radius 2 is 1.95 bits per heavy atom. The molecular weight excluding hydrogens is 480 g/mol. The summed E-state index contributed by atoms with van der Waals surface area (Å²) < 4.78 is 17.1. The highest BCUT2D eigenvalue weighted by Crippen LogP contribution is 2.31. The zero-order valence-corrected chi connectivity index (χ0v) is 21.8. The van der Waals surface area contributed by atoms with Crippen molar-refractivity contribution in [3.63, 3.8) is 0 Å². The molecule has 3 atom stereocenters. The molecule has 2 heterocycles. The molecule has 0 aliphatic heterocycles. The van der Waals surface area contributed by atoms with Crippen LogP contribution in [0.3, 0.4) is 0 Å². The van der Waals surface area contributed by atoms with Crippen molar-refractivity contribution in [1.29, 1.82) is 0 Å². The number of aliphatic hydroxyl groups is 1. The van der Waals surface area contributed by atoms with Crippen LogP contribution in [0, 0.1) is 23.7 Å². The lowest BCUT2D eigenvalue weighted by Gasteiger charge is -2.26. The summed E-state index contributed by atoms with van der Waals surface area (Å²) in [7, 11) is 1.30. The summed E-state index contributed by atoms with van der Waals surface area (Å²) in [5.41, 5.74) is 6.94. The van der Waals surface area contributed by atoms with Crippen molar-refractivity contribution in [2.45, 2.75) is 71.3 Å². The Hall–Kier alpha value is -3.43. The summed E-state index contributed by atoms with van der Waals surface area (Å²) in [4.78, 5) is 36.5. The average Bonchev–Trinajstić information content (AvgIpc) is 3.31. The molecule has 1 amide bonds. The van der Waals surface area contributed by atoms with Gasteiger partial charge in [0.25, 0.3) is 5.91 Å². The van der Waals surface area contributed by atoms with Crippen molar-refractivity contribution in [1.82, 2.24) is 24.8 Å². The smallest absolute Gasteiger partial charge is 0.438 e. The van der Waals surface area contributed by atoms with Crippen molar-refractivity contribution in [2.75, 3.05) is 26.0 Å². The molecule has 0 aromatic carbocycles. The zero-order valence-electron chi connectivity index (χ0n) is 21.8. The van der Waals surface area contributed by atoms with Gasteiger partial charge in [0.1, 0.15) is 11.7 Å². The number of anilines is 1. The van der Waals surface area contributed by atoms with E-state index in [4.69, 9.17) is 15.2 Å². The molecule has 1 aliphatic carbocycles. The minimum atomic E-state index is -1.06. The van der Waals surface area contributed by atoms with Crippen molar-refractivity contribution in [3.05, 3.63) is 12.2 Å². The van der Waals surface area contributed by atoms with Gasteiger partial charge in [0.2, 0.25) is 5.82 Å². The maximum absolute atomic E-state index is 12.3. The predicted octanol–water partition coefficient (Wildman–Crippen LogP) is 2.16. The lowest BCUT2D eigenvalue weighted by molar-refractivity contribution is -0.150. The van der Waals surface area contributed by atoms with E-state index in [9.17, 15) is 14.7 Å². The quantitative estimate of drug-likeness (QED) is 0.332. The predicted molar refractivity (Wildman–Crippen MR) is 135 cm³/mol. The molecule has 12 nitrogen and oxygen atoms in total. The molecule has 1 unspecified atom stereocenters. The first-order chi connectivity index (χ1) is 17.7. The monoisotopic (exact) mass is 516 g/mol. The van der Waals surface area contributed by atoms with E-state index in [1.54, 1.807) is 18.4 Å². The van der Waals surface area contributed by atoms with Gasteiger partial charge < -0.3 is 30.4 Å². The van der Waals surface area contributed by atoms with Gasteiger partial charge in [0, 0.05) is 13.0 Å². The molecule has 2 aromatic heterocycles. The second-order valence-electron chi connectivity index (χ2n) is 9.21. The third-order valence-corrected chi connectivity index (χ3v) is 6.39. The number of nitrogens with two attached hydrogens (primary N) is 1. The summed E-state index contributed by atoms with van der Waals surface area (Å²) in [6.45, 7) is 5.82. The van der Waals surface area contributed by atoms with Gasteiger partial charge >= 0.3 is 6.16 Å². The first-order valence-electron chi connectivity index (χ1n) is 12.5. The number of aliphatic hydroxyl groups excluding tert-OH is 1. The standard InChI is InChI=1S/C25H36N6O6/c1-5-27-24(33)21(15(2)32)37-16(3)31-14-28-20-22(26)29-19(30-23(20)31)8-6-7-17-9-11-18(12-10-17)13-36-25(34)35-4/h14-18,21,32H,5,7,9-13H2,1-4H3,(H,27,33)(H2,26,29,30)/t15?,16-,17?,18?,21+/m1/s1. The number of ether oxygens (including phenoxy) is 3. The lowest BCUT2D eigenvalue weighted by atomic mass is 9.81. The summed E-state index contributed by atoms with van der Waals surface area (Å²) in [5.74, 6) is 7.05. The molecule has 0 spiro atoms. The second-order valence-corrected chi connectivity index (χ2v) is 9.21. The van der Waals surface area contributed by atoms with Crippen LogP contribution in [0.4, 0.5) is 10.6 Å². The van der Waals surface area contributed by atoms with Crippen LogP contribution in [-0.2, 0) is 19.0 Å². The van der Waals surface area contributed by atoms with Gasteiger partial charge in [0.05, 0.1) is 26.1 Å². The van der Waals surface area contributed by atoms with Gasteiger partial charge in [-0.1, -0.05) is 5.92 Å². The van der Waals surface area contributed by atoms with Gasteiger partial charge in [-0.25, -0.2) is 19.7 Å². The minimum Gasteiger partial charge on any atom is -0.438 e. The fourth-order valence-electron chi connectivity index (χ4n) is 4.33. The number of aromatic nitrogens is 4. The van der Waals surface area contributed by atoms with Crippen LogP contribution in [0.5, 0.6) is 0 Å². The number of likely N-dealkylation sites (N-methyl/N-ethyl adjacent to an activating group) is 1. The molecule has 37 heavy (non-hydrogen) atoms. The molecule has 12 heteroatoms. The number of hydrogen-bond acceptors (Lipinski definition) is 10. The van der Waals surface area contributed by atoms with Gasteiger partial charge in [0.15, 0.2) is 17.6 Å². The molecule has 0 bridgehead atoms.